The van der Waals surface area contributed by atoms with Crippen molar-refractivity contribution in [3.05, 3.63) is 54.2 Å². The quantitative estimate of drug-likeness (QED) is 0.750. The van der Waals surface area contributed by atoms with Crippen LogP contribution in [0.2, 0.25) is 0 Å². The number of aryl methyl sites for hydroxylation is 1. The van der Waals surface area contributed by atoms with Crippen molar-refractivity contribution in [3.63, 3.8) is 0 Å². The molecule has 8 heteroatoms. The summed E-state index contributed by atoms with van der Waals surface area (Å²) in [6.45, 7) is 3.52. The van der Waals surface area contributed by atoms with Crippen molar-refractivity contribution in [2.75, 3.05) is 18.5 Å². The van der Waals surface area contributed by atoms with Gasteiger partial charge in [0.25, 0.3) is 0 Å². The fourth-order valence-electron chi connectivity index (χ4n) is 3.25. The second kappa shape index (κ2) is 7.71. The van der Waals surface area contributed by atoms with Crippen LogP contribution < -0.4 is 5.32 Å². The minimum Gasteiger partial charge on any atom is -0.376 e. The van der Waals surface area contributed by atoms with Crippen LogP contribution in [0, 0.1) is 6.92 Å². The number of fused-ring (bicyclic) bond motifs is 1. The summed E-state index contributed by atoms with van der Waals surface area (Å²) in [4.78, 5) is 23.5. The number of ether oxygens (including phenoxy) is 1. The van der Waals surface area contributed by atoms with Gasteiger partial charge in [0.2, 0.25) is 0 Å². The third-order valence-electron chi connectivity index (χ3n) is 4.52. The molecule has 1 aliphatic rings. The zero-order chi connectivity index (χ0) is 18.6. The van der Waals surface area contributed by atoms with Crippen LogP contribution >= 0.6 is 0 Å². The molecule has 2 amide bonds. The summed E-state index contributed by atoms with van der Waals surface area (Å²) >= 11 is 0. The van der Waals surface area contributed by atoms with Crippen LogP contribution in [-0.2, 0) is 11.3 Å². The number of carbonyl (C=O) groups excluding carboxylic acids is 1. The molecule has 1 unspecified atom stereocenters. The number of urea groups is 1. The lowest BCUT2D eigenvalue weighted by Crippen LogP contribution is -2.40. The van der Waals surface area contributed by atoms with E-state index in [1.165, 1.54) is 0 Å². The van der Waals surface area contributed by atoms with Crippen molar-refractivity contribution < 1.29 is 9.53 Å². The molecule has 1 saturated heterocycles. The normalized spacial score (nSPS) is 16.6. The maximum absolute atomic E-state index is 13.0. The third kappa shape index (κ3) is 4.06. The lowest BCUT2D eigenvalue weighted by Gasteiger charge is -2.25. The molecule has 0 saturated carbocycles. The molecule has 0 aromatic carbocycles. The SMILES string of the molecule is Cc1nc2c(NC(=O)N(Cc3ccccn3)CC3CCCO3)cccn2n1. The van der Waals surface area contributed by atoms with Gasteiger partial charge >= 0.3 is 6.03 Å². The molecule has 1 atom stereocenters. The highest BCUT2D eigenvalue weighted by molar-refractivity contribution is 5.93. The first-order valence-corrected chi connectivity index (χ1v) is 9.08. The maximum atomic E-state index is 13.0. The minimum atomic E-state index is -0.204. The molecule has 1 N–H and O–H groups in total. The van der Waals surface area contributed by atoms with Gasteiger partial charge < -0.3 is 15.0 Å². The molecule has 3 aromatic rings. The molecule has 27 heavy (non-hydrogen) atoms. The van der Waals surface area contributed by atoms with Crippen LogP contribution in [0.25, 0.3) is 5.65 Å². The lowest BCUT2D eigenvalue weighted by molar-refractivity contribution is 0.0816. The van der Waals surface area contributed by atoms with Gasteiger partial charge in [-0.05, 0) is 44.0 Å². The number of nitrogens with one attached hydrogen (secondary N) is 1. The predicted octanol–water partition coefficient (Wildman–Crippen LogP) is 2.65. The molecule has 140 valence electrons. The lowest BCUT2D eigenvalue weighted by atomic mass is 10.2. The van der Waals surface area contributed by atoms with Crippen molar-refractivity contribution in [1.82, 2.24) is 24.5 Å². The smallest absolute Gasteiger partial charge is 0.322 e. The van der Waals surface area contributed by atoms with Crippen molar-refractivity contribution in [2.24, 2.45) is 0 Å². The van der Waals surface area contributed by atoms with Crippen LogP contribution in [0.1, 0.15) is 24.4 Å². The fraction of sp³-hybridized carbons (Fsp3) is 0.368. The van der Waals surface area contributed by atoms with Crippen LogP contribution in [0.15, 0.2) is 42.7 Å². The van der Waals surface area contributed by atoms with Gasteiger partial charge in [0.15, 0.2) is 5.65 Å². The highest BCUT2D eigenvalue weighted by Crippen LogP contribution is 2.18. The first-order valence-electron chi connectivity index (χ1n) is 9.08. The highest BCUT2D eigenvalue weighted by Gasteiger charge is 2.24. The van der Waals surface area contributed by atoms with Gasteiger partial charge in [0.1, 0.15) is 5.82 Å². The van der Waals surface area contributed by atoms with E-state index >= 15 is 0 Å². The molecular weight excluding hydrogens is 344 g/mol. The first kappa shape index (κ1) is 17.4. The summed E-state index contributed by atoms with van der Waals surface area (Å²) in [5, 5.41) is 7.26. The van der Waals surface area contributed by atoms with Gasteiger partial charge in [0.05, 0.1) is 24.0 Å². The highest BCUT2D eigenvalue weighted by atomic mass is 16.5. The molecule has 1 aliphatic heterocycles. The topological polar surface area (TPSA) is 84.7 Å². The number of nitrogens with zero attached hydrogens (tertiary/aromatic N) is 5. The zero-order valence-electron chi connectivity index (χ0n) is 15.2. The Morgan fingerprint density at radius 3 is 3.07 bits per heavy atom. The van der Waals surface area contributed by atoms with Crippen molar-refractivity contribution in [2.45, 2.75) is 32.4 Å². The maximum Gasteiger partial charge on any atom is 0.322 e. The summed E-state index contributed by atoms with van der Waals surface area (Å²) in [5.41, 5.74) is 2.09. The molecule has 8 nitrogen and oxygen atoms in total. The second-order valence-corrected chi connectivity index (χ2v) is 6.62. The Bertz CT molecular complexity index is 920. The molecule has 0 spiro atoms. The molecular formula is C19H22N6O2. The van der Waals surface area contributed by atoms with E-state index in [1.807, 2.05) is 43.5 Å². The Morgan fingerprint density at radius 2 is 2.30 bits per heavy atom. The number of hydrogen-bond acceptors (Lipinski definition) is 5. The monoisotopic (exact) mass is 366 g/mol. The van der Waals surface area contributed by atoms with Crippen LogP contribution in [-0.4, -0.2) is 49.8 Å². The Kier molecular flexibility index (Phi) is 4.97. The summed E-state index contributed by atoms with van der Waals surface area (Å²) < 4.78 is 7.39. The van der Waals surface area contributed by atoms with E-state index in [0.717, 1.165) is 25.1 Å². The molecule has 4 heterocycles. The standard InChI is InChI=1S/C19H22N6O2/c1-14-21-18-17(8-4-10-25(18)23-14)22-19(26)24(13-16-7-5-11-27-16)12-15-6-2-3-9-20-15/h2-4,6,8-10,16H,5,7,11-13H2,1H3,(H,22,26). The Hall–Kier alpha value is -3.00. The average Bonchev–Trinajstić information content (AvgIpc) is 3.31. The number of carbonyl (C=O) groups is 1. The fourth-order valence-corrected chi connectivity index (χ4v) is 3.25. The number of anilines is 1. The van der Waals surface area contributed by atoms with Gasteiger partial charge in [-0.2, -0.15) is 5.10 Å². The van der Waals surface area contributed by atoms with E-state index < -0.39 is 0 Å². The van der Waals surface area contributed by atoms with Gasteiger partial charge in [-0.3, -0.25) is 4.98 Å². The van der Waals surface area contributed by atoms with E-state index in [1.54, 1.807) is 15.6 Å². The van der Waals surface area contributed by atoms with E-state index in [2.05, 4.69) is 20.4 Å². The van der Waals surface area contributed by atoms with Crippen molar-refractivity contribution >= 4 is 17.4 Å². The summed E-state index contributed by atoms with van der Waals surface area (Å²) in [6.07, 6.45) is 5.60. The van der Waals surface area contributed by atoms with E-state index in [0.29, 0.717) is 30.2 Å². The van der Waals surface area contributed by atoms with E-state index in [9.17, 15) is 4.79 Å². The van der Waals surface area contributed by atoms with E-state index in [-0.39, 0.29) is 12.1 Å². The van der Waals surface area contributed by atoms with Gasteiger partial charge in [-0.1, -0.05) is 6.07 Å². The van der Waals surface area contributed by atoms with Crippen molar-refractivity contribution in [3.8, 4) is 0 Å². The molecule has 0 aliphatic carbocycles. The number of pyridine rings is 2. The van der Waals surface area contributed by atoms with Crippen LogP contribution in [0.3, 0.4) is 0 Å². The molecule has 0 radical (unpaired) electrons. The number of hydrogen-bond donors (Lipinski definition) is 1. The van der Waals surface area contributed by atoms with Crippen LogP contribution in [0.5, 0.6) is 0 Å². The summed E-state index contributed by atoms with van der Waals surface area (Å²) in [6, 6.07) is 9.15. The van der Waals surface area contributed by atoms with E-state index in [4.69, 9.17) is 4.74 Å². The van der Waals surface area contributed by atoms with Crippen LogP contribution in [0.4, 0.5) is 10.5 Å². The summed E-state index contributed by atoms with van der Waals surface area (Å²) in [5.74, 6) is 0.654. The van der Waals surface area contributed by atoms with Gasteiger partial charge in [0, 0.05) is 25.5 Å². The summed E-state index contributed by atoms with van der Waals surface area (Å²) in [7, 11) is 0. The zero-order valence-corrected chi connectivity index (χ0v) is 15.2. The number of amides is 2. The number of rotatable bonds is 5. The number of aromatic nitrogens is 4. The predicted molar refractivity (Wildman–Crippen MR) is 100 cm³/mol. The Morgan fingerprint density at radius 1 is 1.37 bits per heavy atom. The second-order valence-electron chi connectivity index (χ2n) is 6.62. The Balaban J connectivity index is 1.55. The Labute approximate surface area is 157 Å². The molecule has 3 aromatic heterocycles. The van der Waals surface area contributed by atoms with Gasteiger partial charge in [-0.25, -0.2) is 14.3 Å². The first-order chi connectivity index (χ1) is 13.2. The molecule has 4 rings (SSSR count). The molecule has 0 bridgehead atoms. The van der Waals surface area contributed by atoms with Gasteiger partial charge in [-0.15, -0.1) is 0 Å². The van der Waals surface area contributed by atoms with Crippen molar-refractivity contribution in [1.29, 1.82) is 0 Å². The molecule has 1 fully saturated rings. The largest absolute Gasteiger partial charge is 0.376 e. The third-order valence-corrected chi connectivity index (χ3v) is 4.52. The minimum absolute atomic E-state index is 0.0607. The average molecular weight is 366 g/mol.